The van der Waals surface area contributed by atoms with Crippen LogP contribution in [-0.2, 0) is 18.4 Å². The number of amides is 1. The van der Waals surface area contributed by atoms with Crippen LogP contribution in [0.5, 0.6) is 11.5 Å². The zero-order chi connectivity index (χ0) is 21.5. The molecule has 0 atom stereocenters. The number of carboxylic acids is 1. The Balaban J connectivity index is 1.50. The lowest BCUT2D eigenvalue weighted by Crippen LogP contribution is -2.14. The van der Waals surface area contributed by atoms with Crippen LogP contribution in [0.2, 0.25) is 0 Å². The van der Waals surface area contributed by atoms with Crippen molar-refractivity contribution in [3.8, 4) is 11.5 Å². The van der Waals surface area contributed by atoms with Crippen molar-refractivity contribution in [2.45, 2.75) is 11.8 Å². The van der Waals surface area contributed by atoms with Crippen LogP contribution in [0.1, 0.15) is 16.2 Å². The van der Waals surface area contributed by atoms with E-state index in [-0.39, 0.29) is 23.8 Å². The lowest BCUT2D eigenvalue weighted by molar-refractivity contribution is -0.113. The molecule has 2 aromatic carbocycles. The molecule has 3 rings (SSSR count). The number of hydrogen-bond donors (Lipinski definition) is 2. The van der Waals surface area contributed by atoms with Gasteiger partial charge in [-0.1, -0.05) is 11.8 Å². The summed E-state index contributed by atoms with van der Waals surface area (Å²) in [5, 5.41) is 20.4. The van der Waals surface area contributed by atoms with Crippen molar-refractivity contribution < 1.29 is 24.2 Å². The second-order valence-corrected chi connectivity index (χ2v) is 7.08. The number of aromatic nitrogens is 3. The van der Waals surface area contributed by atoms with Crippen molar-refractivity contribution in [3.63, 3.8) is 0 Å². The highest BCUT2D eigenvalue weighted by atomic mass is 32.2. The first-order valence-corrected chi connectivity index (χ1v) is 9.86. The summed E-state index contributed by atoms with van der Waals surface area (Å²) in [7, 11) is 3.40. The molecule has 2 N–H and O–H groups in total. The summed E-state index contributed by atoms with van der Waals surface area (Å²) in [4.78, 5) is 23.0. The van der Waals surface area contributed by atoms with Gasteiger partial charge < -0.3 is 24.5 Å². The molecule has 0 aliphatic carbocycles. The van der Waals surface area contributed by atoms with Gasteiger partial charge in [-0.15, -0.1) is 10.2 Å². The van der Waals surface area contributed by atoms with E-state index in [0.717, 1.165) is 5.75 Å². The lowest BCUT2D eigenvalue weighted by atomic mass is 10.2. The number of benzene rings is 2. The molecule has 0 radical (unpaired) electrons. The highest BCUT2D eigenvalue weighted by Gasteiger charge is 2.12. The maximum absolute atomic E-state index is 12.1. The number of hydrogen-bond acceptors (Lipinski definition) is 7. The summed E-state index contributed by atoms with van der Waals surface area (Å²) >= 11 is 1.24. The average Bonchev–Trinajstić information content (AvgIpc) is 3.11. The summed E-state index contributed by atoms with van der Waals surface area (Å²) in [6, 6.07) is 13.2. The number of anilines is 1. The van der Waals surface area contributed by atoms with Crippen LogP contribution in [-0.4, -0.2) is 44.6 Å². The molecule has 3 aromatic rings. The molecule has 30 heavy (non-hydrogen) atoms. The van der Waals surface area contributed by atoms with Crippen LogP contribution in [0, 0.1) is 0 Å². The molecule has 1 aromatic heterocycles. The molecule has 0 saturated carbocycles. The molecule has 0 unspecified atom stereocenters. The van der Waals surface area contributed by atoms with Crippen LogP contribution in [0.15, 0.2) is 53.7 Å². The van der Waals surface area contributed by atoms with Gasteiger partial charge in [0.1, 0.15) is 18.1 Å². The van der Waals surface area contributed by atoms with Crippen LogP contribution in [0.4, 0.5) is 5.69 Å². The van der Waals surface area contributed by atoms with E-state index < -0.39 is 5.97 Å². The van der Waals surface area contributed by atoms with E-state index in [1.165, 1.54) is 23.9 Å². The van der Waals surface area contributed by atoms with Crippen molar-refractivity contribution in [1.29, 1.82) is 0 Å². The highest BCUT2D eigenvalue weighted by Crippen LogP contribution is 2.20. The predicted octanol–water partition coefficient (Wildman–Crippen LogP) is 2.83. The first-order valence-electron chi connectivity index (χ1n) is 8.87. The molecular formula is C20H20N4O5S. The smallest absolute Gasteiger partial charge is 0.335 e. The molecule has 9 nitrogen and oxygen atoms in total. The SMILES string of the molecule is COc1ccc(OCc2nnc(SCC(=O)Nc3ccc(C(=O)O)cc3)n2C)cc1. The number of aromatic carboxylic acids is 1. The summed E-state index contributed by atoms with van der Waals surface area (Å²) in [5.74, 6) is 0.932. The van der Waals surface area contributed by atoms with Gasteiger partial charge in [0.05, 0.1) is 18.4 Å². The first-order chi connectivity index (χ1) is 14.5. The number of nitrogens with zero attached hydrogens (tertiary/aromatic N) is 3. The molecule has 1 amide bonds. The number of ether oxygens (including phenoxy) is 2. The standard InChI is InChI=1S/C20H20N4O5S/c1-24-17(11-29-16-9-7-15(28-2)8-10-16)22-23-20(24)30-12-18(25)21-14-5-3-13(4-6-14)19(26)27/h3-10H,11-12H2,1-2H3,(H,21,25)(H,26,27). The quantitative estimate of drug-likeness (QED) is 0.500. The topological polar surface area (TPSA) is 116 Å². The summed E-state index contributed by atoms with van der Waals surface area (Å²) in [5.41, 5.74) is 0.683. The van der Waals surface area contributed by atoms with E-state index in [9.17, 15) is 9.59 Å². The largest absolute Gasteiger partial charge is 0.497 e. The van der Waals surface area contributed by atoms with Gasteiger partial charge in [-0.2, -0.15) is 0 Å². The monoisotopic (exact) mass is 428 g/mol. The van der Waals surface area contributed by atoms with Crippen LogP contribution in [0.3, 0.4) is 0 Å². The van der Waals surface area contributed by atoms with E-state index in [1.54, 1.807) is 55.1 Å². The number of carbonyl (C=O) groups is 2. The van der Waals surface area contributed by atoms with E-state index in [2.05, 4.69) is 15.5 Å². The third-order valence-corrected chi connectivity index (χ3v) is 5.12. The summed E-state index contributed by atoms with van der Waals surface area (Å²) in [6.45, 7) is 0.235. The number of thioether (sulfide) groups is 1. The van der Waals surface area contributed by atoms with Crippen molar-refractivity contribution in [2.75, 3.05) is 18.2 Å². The average molecular weight is 428 g/mol. The molecule has 0 fully saturated rings. The second kappa shape index (κ2) is 9.79. The highest BCUT2D eigenvalue weighted by molar-refractivity contribution is 7.99. The zero-order valence-electron chi connectivity index (χ0n) is 16.4. The Morgan fingerprint density at radius 3 is 2.37 bits per heavy atom. The Morgan fingerprint density at radius 2 is 1.73 bits per heavy atom. The van der Waals surface area contributed by atoms with E-state index in [1.807, 2.05) is 0 Å². The minimum absolute atomic E-state index is 0.131. The summed E-state index contributed by atoms with van der Waals surface area (Å²) in [6.07, 6.45) is 0. The van der Waals surface area contributed by atoms with E-state index >= 15 is 0 Å². The zero-order valence-corrected chi connectivity index (χ0v) is 17.2. The number of carbonyl (C=O) groups excluding carboxylic acids is 1. The van der Waals surface area contributed by atoms with Gasteiger partial charge in [0, 0.05) is 12.7 Å². The van der Waals surface area contributed by atoms with Crippen LogP contribution in [0.25, 0.3) is 0 Å². The fourth-order valence-electron chi connectivity index (χ4n) is 2.44. The van der Waals surface area contributed by atoms with Crippen molar-refractivity contribution in [2.24, 2.45) is 7.05 Å². The molecule has 0 aliphatic rings. The van der Waals surface area contributed by atoms with Gasteiger partial charge in [0.2, 0.25) is 5.91 Å². The molecule has 10 heteroatoms. The van der Waals surface area contributed by atoms with E-state index in [4.69, 9.17) is 14.6 Å². The molecule has 0 bridgehead atoms. The normalized spacial score (nSPS) is 10.5. The fourth-order valence-corrected chi connectivity index (χ4v) is 3.17. The van der Waals surface area contributed by atoms with Gasteiger partial charge in [-0.05, 0) is 48.5 Å². The second-order valence-electron chi connectivity index (χ2n) is 6.14. The summed E-state index contributed by atoms with van der Waals surface area (Å²) < 4.78 is 12.6. The molecular weight excluding hydrogens is 408 g/mol. The lowest BCUT2D eigenvalue weighted by Gasteiger charge is -2.08. The molecule has 1 heterocycles. The van der Waals surface area contributed by atoms with Gasteiger partial charge in [0.25, 0.3) is 0 Å². The van der Waals surface area contributed by atoms with Gasteiger partial charge in [-0.3, -0.25) is 4.79 Å². The van der Waals surface area contributed by atoms with Crippen LogP contribution >= 0.6 is 11.8 Å². The van der Waals surface area contributed by atoms with E-state index in [0.29, 0.717) is 22.4 Å². The van der Waals surface area contributed by atoms with Gasteiger partial charge in [0.15, 0.2) is 11.0 Å². The Labute approximate surface area is 177 Å². The number of carboxylic acid groups (broad SMARTS) is 1. The third kappa shape index (κ3) is 5.51. The maximum Gasteiger partial charge on any atom is 0.335 e. The van der Waals surface area contributed by atoms with Crippen LogP contribution < -0.4 is 14.8 Å². The third-order valence-electron chi connectivity index (χ3n) is 4.10. The molecule has 0 aliphatic heterocycles. The number of nitrogens with one attached hydrogen (secondary N) is 1. The van der Waals surface area contributed by atoms with Crippen molar-refractivity contribution in [3.05, 3.63) is 59.9 Å². The maximum atomic E-state index is 12.1. The Morgan fingerprint density at radius 1 is 1.07 bits per heavy atom. The molecule has 156 valence electrons. The predicted molar refractivity (Wildman–Crippen MR) is 111 cm³/mol. The molecule has 0 saturated heterocycles. The van der Waals surface area contributed by atoms with Crippen molar-refractivity contribution in [1.82, 2.24) is 14.8 Å². The Bertz CT molecular complexity index is 1020. The number of rotatable bonds is 9. The minimum Gasteiger partial charge on any atom is -0.497 e. The van der Waals surface area contributed by atoms with Crippen molar-refractivity contribution >= 4 is 29.3 Å². The Kier molecular flexibility index (Phi) is 6.91. The number of methoxy groups -OCH3 is 1. The molecule has 0 spiro atoms. The minimum atomic E-state index is -1.02. The van der Waals surface area contributed by atoms with Gasteiger partial charge >= 0.3 is 5.97 Å². The fraction of sp³-hybridized carbons (Fsp3) is 0.200. The van der Waals surface area contributed by atoms with Gasteiger partial charge in [-0.25, -0.2) is 4.79 Å². The first kappa shape index (κ1) is 21.2. The Hall–Kier alpha value is -3.53.